The highest BCUT2D eigenvalue weighted by Crippen LogP contribution is 2.48. The highest BCUT2D eigenvalue weighted by atomic mass is 35.5. The highest BCUT2D eigenvalue weighted by molar-refractivity contribution is 6.32. The molecule has 2 aromatic carbocycles. The molecule has 7 nitrogen and oxygen atoms in total. The van der Waals surface area contributed by atoms with Crippen molar-refractivity contribution < 1.29 is 19.2 Å². The number of carbonyl (C=O) groups excluding carboxylic acids is 2. The number of carbonyl (C=O) groups is 2. The molecule has 0 N–H and O–H groups in total. The van der Waals surface area contributed by atoms with Gasteiger partial charge in [0.2, 0.25) is 5.91 Å². The Kier molecular flexibility index (Phi) is 6.01. The molecule has 2 aromatic rings. The summed E-state index contributed by atoms with van der Waals surface area (Å²) in [4.78, 5) is 39.1. The van der Waals surface area contributed by atoms with Crippen LogP contribution in [0.25, 0.3) is 0 Å². The zero-order chi connectivity index (χ0) is 23.9. The molecule has 1 aliphatic carbocycles. The minimum absolute atomic E-state index is 0.00102. The predicted octanol–water partition coefficient (Wildman–Crippen LogP) is 5.81. The van der Waals surface area contributed by atoms with Gasteiger partial charge in [-0.2, -0.15) is 0 Å². The number of amides is 1. The molecule has 1 amide bonds. The number of nitro benzene ring substituents is 1. The van der Waals surface area contributed by atoms with Crippen molar-refractivity contribution in [2.75, 3.05) is 11.5 Å². The minimum Gasteiger partial charge on any atom is -0.494 e. The van der Waals surface area contributed by atoms with Crippen LogP contribution in [0.5, 0.6) is 5.75 Å². The van der Waals surface area contributed by atoms with Crippen molar-refractivity contribution in [2.24, 2.45) is 5.41 Å². The minimum atomic E-state index is -0.575. The van der Waals surface area contributed by atoms with Crippen LogP contribution in [-0.2, 0) is 9.59 Å². The molecular weight excluding hydrogens is 444 g/mol. The maximum atomic E-state index is 13.4. The number of allylic oxidation sites excluding steroid dienone is 2. The van der Waals surface area contributed by atoms with Crippen LogP contribution in [0.1, 0.15) is 51.5 Å². The maximum Gasteiger partial charge on any atom is 0.289 e. The van der Waals surface area contributed by atoms with Crippen LogP contribution in [0, 0.1) is 15.5 Å². The fraction of sp³-hybridized carbons (Fsp3) is 0.360. The van der Waals surface area contributed by atoms with Crippen LogP contribution >= 0.6 is 11.6 Å². The van der Waals surface area contributed by atoms with E-state index in [1.807, 2.05) is 45.0 Å². The molecule has 0 fully saturated rings. The summed E-state index contributed by atoms with van der Waals surface area (Å²) in [5, 5.41) is 11.4. The first-order valence-electron chi connectivity index (χ1n) is 10.9. The third kappa shape index (κ3) is 4.37. The van der Waals surface area contributed by atoms with Gasteiger partial charge in [0.05, 0.1) is 17.2 Å². The average molecular weight is 469 g/mol. The van der Waals surface area contributed by atoms with Gasteiger partial charge in [-0.05, 0) is 48.6 Å². The highest BCUT2D eigenvalue weighted by Gasteiger charge is 2.44. The predicted molar refractivity (Wildman–Crippen MR) is 126 cm³/mol. The second-order valence-corrected chi connectivity index (χ2v) is 9.59. The zero-order valence-corrected chi connectivity index (χ0v) is 19.5. The quantitative estimate of drug-likeness (QED) is 0.408. The molecule has 1 heterocycles. The van der Waals surface area contributed by atoms with Gasteiger partial charge in [0.25, 0.3) is 5.69 Å². The van der Waals surface area contributed by atoms with Gasteiger partial charge in [0.15, 0.2) is 5.78 Å². The van der Waals surface area contributed by atoms with E-state index in [9.17, 15) is 19.7 Å². The standard InChI is InChI=1S/C25H25ClN2O5/c1-4-33-17-8-5-15(6-9-17)18-12-23(30)27(16-7-10-19(26)20(11-16)28(31)32)21-13-25(2,3)14-22(29)24(18)21/h5-11,18H,4,12-14H2,1-3H3. The Bertz CT molecular complexity index is 1170. The number of ether oxygens (including phenoxy) is 1. The Labute approximate surface area is 197 Å². The lowest BCUT2D eigenvalue weighted by Crippen LogP contribution is -2.43. The zero-order valence-electron chi connectivity index (χ0n) is 18.8. The summed E-state index contributed by atoms with van der Waals surface area (Å²) in [6, 6.07) is 11.8. The first-order chi connectivity index (χ1) is 15.6. The number of rotatable bonds is 5. The van der Waals surface area contributed by atoms with E-state index < -0.39 is 4.92 Å². The summed E-state index contributed by atoms with van der Waals surface area (Å²) < 4.78 is 5.52. The van der Waals surface area contributed by atoms with Crippen LogP contribution in [0.4, 0.5) is 11.4 Å². The van der Waals surface area contributed by atoms with Crippen molar-refractivity contribution in [3.05, 3.63) is 74.4 Å². The summed E-state index contributed by atoms with van der Waals surface area (Å²) >= 11 is 5.99. The first kappa shape index (κ1) is 23.0. The topological polar surface area (TPSA) is 89.8 Å². The largest absolute Gasteiger partial charge is 0.494 e. The normalized spacial score (nSPS) is 20.0. The number of halogens is 1. The lowest BCUT2D eigenvalue weighted by Gasteiger charge is -2.42. The molecule has 0 spiro atoms. The third-order valence-electron chi connectivity index (χ3n) is 6.12. The van der Waals surface area contributed by atoms with E-state index in [0.29, 0.717) is 36.4 Å². The molecule has 1 unspecified atom stereocenters. The van der Waals surface area contributed by atoms with Gasteiger partial charge in [-0.25, -0.2) is 0 Å². The number of hydrogen-bond donors (Lipinski definition) is 0. The third-order valence-corrected chi connectivity index (χ3v) is 6.44. The van der Waals surface area contributed by atoms with Crippen LogP contribution in [0.3, 0.4) is 0 Å². The lowest BCUT2D eigenvalue weighted by atomic mass is 9.69. The Morgan fingerprint density at radius 1 is 1.15 bits per heavy atom. The Hall–Kier alpha value is -3.19. The van der Waals surface area contributed by atoms with Gasteiger partial charge in [-0.1, -0.05) is 37.6 Å². The van der Waals surface area contributed by atoms with Crippen molar-refractivity contribution in [1.29, 1.82) is 0 Å². The Morgan fingerprint density at radius 3 is 2.48 bits per heavy atom. The second kappa shape index (κ2) is 8.63. The number of benzene rings is 2. The summed E-state index contributed by atoms with van der Waals surface area (Å²) in [5.41, 5.74) is 1.82. The molecule has 0 saturated carbocycles. The summed E-state index contributed by atoms with van der Waals surface area (Å²) in [6.07, 6.45) is 0.974. The molecule has 1 aliphatic heterocycles. The molecule has 1 atom stereocenters. The maximum absolute atomic E-state index is 13.4. The van der Waals surface area contributed by atoms with E-state index in [1.165, 1.54) is 17.0 Å². The van der Waals surface area contributed by atoms with Crippen molar-refractivity contribution >= 4 is 34.7 Å². The molecule has 4 rings (SSSR count). The van der Waals surface area contributed by atoms with Gasteiger partial charge in [-0.3, -0.25) is 24.6 Å². The van der Waals surface area contributed by atoms with Crippen molar-refractivity contribution in [3.8, 4) is 5.75 Å². The fourth-order valence-corrected chi connectivity index (χ4v) is 4.93. The van der Waals surface area contributed by atoms with E-state index >= 15 is 0 Å². The van der Waals surface area contributed by atoms with E-state index in [0.717, 1.165) is 11.3 Å². The van der Waals surface area contributed by atoms with Gasteiger partial charge in [-0.15, -0.1) is 0 Å². The molecule has 0 bridgehead atoms. The first-order valence-corrected chi connectivity index (χ1v) is 11.2. The monoisotopic (exact) mass is 468 g/mol. The SMILES string of the molecule is CCOc1ccc(C2CC(=O)N(c3ccc(Cl)c([N+](=O)[O-])c3)C3=C2C(=O)CC(C)(C)C3)cc1. The smallest absolute Gasteiger partial charge is 0.289 e. The average Bonchev–Trinajstić information content (AvgIpc) is 2.73. The van der Waals surface area contributed by atoms with E-state index in [2.05, 4.69) is 0 Å². The number of ketones is 1. The fourth-order valence-electron chi connectivity index (χ4n) is 4.74. The van der Waals surface area contributed by atoms with Crippen LogP contribution in [0.15, 0.2) is 53.7 Å². The molecule has 0 saturated heterocycles. The van der Waals surface area contributed by atoms with E-state index in [-0.39, 0.29) is 40.2 Å². The molecule has 172 valence electrons. The van der Waals surface area contributed by atoms with Crippen LogP contribution in [0.2, 0.25) is 5.02 Å². The van der Waals surface area contributed by atoms with E-state index in [4.69, 9.17) is 16.3 Å². The summed E-state index contributed by atoms with van der Waals surface area (Å²) in [6.45, 7) is 6.43. The molecule has 0 radical (unpaired) electrons. The van der Waals surface area contributed by atoms with Crippen LogP contribution in [-0.4, -0.2) is 23.2 Å². The number of nitrogens with zero attached hydrogens (tertiary/aromatic N) is 2. The molecule has 33 heavy (non-hydrogen) atoms. The van der Waals surface area contributed by atoms with Crippen molar-refractivity contribution in [1.82, 2.24) is 0 Å². The van der Waals surface area contributed by atoms with Crippen LogP contribution < -0.4 is 9.64 Å². The summed E-state index contributed by atoms with van der Waals surface area (Å²) in [5.74, 6) is 0.143. The van der Waals surface area contributed by atoms with Crippen molar-refractivity contribution in [2.45, 2.75) is 46.0 Å². The van der Waals surface area contributed by atoms with Gasteiger partial charge in [0, 0.05) is 36.1 Å². The van der Waals surface area contributed by atoms with Gasteiger partial charge >= 0.3 is 0 Å². The molecule has 2 aliphatic rings. The Balaban J connectivity index is 1.85. The molecule has 8 heteroatoms. The molecule has 0 aromatic heterocycles. The second-order valence-electron chi connectivity index (χ2n) is 9.18. The summed E-state index contributed by atoms with van der Waals surface area (Å²) in [7, 11) is 0. The van der Waals surface area contributed by atoms with Gasteiger partial charge in [0.1, 0.15) is 10.8 Å². The number of anilines is 1. The number of hydrogen-bond acceptors (Lipinski definition) is 5. The lowest BCUT2D eigenvalue weighted by molar-refractivity contribution is -0.384. The van der Waals surface area contributed by atoms with Gasteiger partial charge < -0.3 is 4.74 Å². The number of Topliss-reactive ketones (excluding diaryl/α,β-unsaturated/α-hetero) is 1. The molecular formula is C25H25ClN2O5. The number of nitro groups is 1. The Morgan fingerprint density at radius 2 is 1.85 bits per heavy atom. The van der Waals surface area contributed by atoms with Crippen molar-refractivity contribution in [3.63, 3.8) is 0 Å². The van der Waals surface area contributed by atoms with E-state index in [1.54, 1.807) is 6.07 Å².